The topological polar surface area (TPSA) is 33.2 Å². The summed E-state index contributed by atoms with van der Waals surface area (Å²) in [5.41, 5.74) is 0. The number of nitrogens with zero attached hydrogens (tertiary/aromatic N) is 2. The first kappa shape index (κ1) is 14.9. The van der Waals surface area contributed by atoms with E-state index < -0.39 is 0 Å². The summed E-state index contributed by atoms with van der Waals surface area (Å²) in [5.74, 6) is 0.247. The van der Waals surface area contributed by atoms with Crippen LogP contribution in [0.5, 0.6) is 0 Å². The number of carbonyl (C=O) groups excluding carboxylic acids is 1. The second kappa shape index (κ2) is 7.29. The van der Waals surface area contributed by atoms with Crippen molar-refractivity contribution < 1.29 is 4.79 Å². The second-order valence-electron chi connectivity index (χ2n) is 4.81. The summed E-state index contributed by atoms with van der Waals surface area (Å²) in [6.07, 6.45) is 6.55. The average molecular weight is 343 g/mol. The van der Waals surface area contributed by atoms with Crippen LogP contribution in [-0.2, 0) is 4.79 Å². The molecule has 104 valence electrons. The Kier molecular flexibility index (Phi) is 5.70. The summed E-state index contributed by atoms with van der Waals surface area (Å²) in [4.78, 5) is 18.7. The van der Waals surface area contributed by atoms with Gasteiger partial charge in [-0.05, 0) is 47.8 Å². The van der Waals surface area contributed by atoms with Crippen LogP contribution in [0.15, 0.2) is 27.8 Å². The Morgan fingerprint density at radius 3 is 2.58 bits per heavy atom. The minimum atomic E-state index is -0.0632. The molecule has 1 aromatic heterocycles. The fraction of sp³-hybridized carbons (Fsp3) is 0.571. The lowest BCUT2D eigenvalue weighted by atomic mass is 10.2. The number of aromatic nitrogens is 1. The molecular formula is C14H19BrN2OS. The van der Waals surface area contributed by atoms with Gasteiger partial charge in [0.25, 0.3) is 0 Å². The van der Waals surface area contributed by atoms with Crippen molar-refractivity contribution in [2.75, 3.05) is 13.1 Å². The molecule has 1 saturated heterocycles. The Hall–Kier alpha value is -0.550. The Balaban J connectivity index is 1.92. The first-order valence-corrected chi connectivity index (χ1v) is 8.41. The van der Waals surface area contributed by atoms with Gasteiger partial charge in [-0.2, -0.15) is 0 Å². The standard InChI is InChI=1S/C14H19BrN2OS/c1-11(19-13-7-6-12(15)10-16-13)14(18)17-8-4-2-3-5-9-17/h6-7,10-11H,2-5,8-9H2,1H3. The minimum Gasteiger partial charge on any atom is -0.342 e. The third-order valence-electron chi connectivity index (χ3n) is 3.26. The highest BCUT2D eigenvalue weighted by Crippen LogP contribution is 2.24. The predicted octanol–water partition coefficient (Wildman–Crippen LogP) is 3.73. The third-order valence-corrected chi connectivity index (χ3v) is 4.77. The number of carbonyl (C=O) groups is 1. The van der Waals surface area contributed by atoms with E-state index in [4.69, 9.17) is 0 Å². The zero-order chi connectivity index (χ0) is 13.7. The van der Waals surface area contributed by atoms with E-state index >= 15 is 0 Å². The Morgan fingerprint density at radius 2 is 2.00 bits per heavy atom. The highest BCUT2D eigenvalue weighted by atomic mass is 79.9. The number of thioether (sulfide) groups is 1. The zero-order valence-electron chi connectivity index (χ0n) is 11.1. The molecule has 0 aliphatic carbocycles. The molecule has 1 atom stereocenters. The van der Waals surface area contributed by atoms with Gasteiger partial charge in [0, 0.05) is 23.8 Å². The van der Waals surface area contributed by atoms with E-state index in [1.807, 2.05) is 24.0 Å². The molecule has 0 spiro atoms. The van der Waals surface area contributed by atoms with Crippen molar-refractivity contribution in [3.63, 3.8) is 0 Å². The van der Waals surface area contributed by atoms with Gasteiger partial charge in [-0.3, -0.25) is 4.79 Å². The smallest absolute Gasteiger partial charge is 0.235 e. The molecule has 0 bridgehead atoms. The van der Waals surface area contributed by atoms with Crippen molar-refractivity contribution in [3.05, 3.63) is 22.8 Å². The molecular weight excluding hydrogens is 324 g/mol. The molecule has 0 radical (unpaired) electrons. The Morgan fingerprint density at radius 1 is 1.32 bits per heavy atom. The molecule has 1 unspecified atom stereocenters. The van der Waals surface area contributed by atoms with Crippen LogP contribution in [0.2, 0.25) is 0 Å². The summed E-state index contributed by atoms with van der Waals surface area (Å²) in [6.45, 7) is 3.80. The van der Waals surface area contributed by atoms with Gasteiger partial charge in [0.15, 0.2) is 0 Å². The number of hydrogen-bond acceptors (Lipinski definition) is 3. The number of likely N-dealkylation sites (tertiary alicyclic amines) is 1. The molecule has 1 fully saturated rings. The summed E-state index contributed by atoms with van der Waals surface area (Å²) in [5, 5.41) is 0.839. The molecule has 1 amide bonds. The van der Waals surface area contributed by atoms with Crippen LogP contribution in [0, 0.1) is 0 Å². The lowest BCUT2D eigenvalue weighted by Gasteiger charge is -2.23. The van der Waals surface area contributed by atoms with E-state index in [-0.39, 0.29) is 11.2 Å². The summed E-state index contributed by atoms with van der Waals surface area (Å²) in [6, 6.07) is 3.90. The van der Waals surface area contributed by atoms with Gasteiger partial charge in [0.1, 0.15) is 0 Å². The Labute approximate surface area is 127 Å². The molecule has 19 heavy (non-hydrogen) atoms. The van der Waals surface area contributed by atoms with Crippen molar-refractivity contribution in [1.29, 1.82) is 0 Å². The van der Waals surface area contributed by atoms with Gasteiger partial charge >= 0.3 is 0 Å². The lowest BCUT2D eigenvalue weighted by molar-refractivity contribution is -0.130. The van der Waals surface area contributed by atoms with Crippen molar-refractivity contribution in [2.24, 2.45) is 0 Å². The van der Waals surface area contributed by atoms with Crippen LogP contribution in [0.3, 0.4) is 0 Å². The quantitative estimate of drug-likeness (QED) is 0.784. The molecule has 0 N–H and O–H groups in total. The molecule has 1 aromatic rings. The van der Waals surface area contributed by atoms with Gasteiger partial charge in [-0.15, -0.1) is 0 Å². The van der Waals surface area contributed by atoms with Crippen molar-refractivity contribution in [1.82, 2.24) is 9.88 Å². The molecule has 3 nitrogen and oxygen atoms in total. The fourth-order valence-corrected chi connectivity index (χ4v) is 3.32. The van der Waals surface area contributed by atoms with E-state index in [0.717, 1.165) is 35.4 Å². The summed E-state index contributed by atoms with van der Waals surface area (Å²) < 4.78 is 0.961. The van der Waals surface area contributed by atoms with E-state index in [1.165, 1.54) is 24.6 Å². The Bertz CT molecular complexity index is 416. The van der Waals surface area contributed by atoms with Gasteiger partial charge in [-0.25, -0.2) is 4.98 Å². The maximum absolute atomic E-state index is 12.4. The molecule has 1 aliphatic heterocycles. The normalized spacial score (nSPS) is 17.9. The predicted molar refractivity (Wildman–Crippen MR) is 82.3 cm³/mol. The highest BCUT2D eigenvalue weighted by Gasteiger charge is 2.22. The molecule has 2 heterocycles. The van der Waals surface area contributed by atoms with Crippen LogP contribution < -0.4 is 0 Å². The van der Waals surface area contributed by atoms with E-state index in [9.17, 15) is 4.79 Å². The van der Waals surface area contributed by atoms with Gasteiger partial charge < -0.3 is 4.90 Å². The van der Waals surface area contributed by atoms with Crippen molar-refractivity contribution >= 4 is 33.6 Å². The van der Waals surface area contributed by atoms with Crippen LogP contribution >= 0.6 is 27.7 Å². The first-order chi connectivity index (χ1) is 9.16. The van der Waals surface area contributed by atoms with Gasteiger partial charge in [-0.1, -0.05) is 24.6 Å². The third kappa shape index (κ3) is 4.49. The monoisotopic (exact) mass is 342 g/mol. The van der Waals surface area contributed by atoms with Gasteiger partial charge in [0.2, 0.25) is 5.91 Å². The molecule has 0 saturated carbocycles. The van der Waals surface area contributed by atoms with Crippen LogP contribution in [-0.4, -0.2) is 34.1 Å². The molecule has 2 rings (SSSR count). The van der Waals surface area contributed by atoms with Crippen molar-refractivity contribution in [2.45, 2.75) is 42.9 Å². The SMILES string of the molecule is CC(Sc1ccc(Br)cn1)C(=O)N1CCCCCC1. The maximum atomic E-state index is 12.4. The maximum Gasteiger partial charge on any atom is 0.235 e. The number of halogens is 1. The van der Waals surface area contributed by atoms with E-state index in [0.29, 0.717) is 0 Å². The largest absolute Gasteiger partial charge is 0.342 e. The van der Waals surface area contributed by atoms with E-state index in [1.54, 1.807) is 6.20 Å². The zero-order valence-corrected chi connectivity index (χ0v) is 13.5. The summed E-state index contributed by atoms with van der Waals surface area (Å²) in [7, 11) is 0. The lowest BCUT2D eigenvalue weighted by Crippen LogP contribution is -2.37. The van der Waals surface area contributed by atoms with Crippen LogP contribution in [0.4, 0.5) is 0 Å². The van der Waals surface area contributed by atoms with Crippen LogP contribution in [0.1, 0.15) is 32.6 Å². The van der Waals surface area contributed by atoms with Gasteiger partial charge in [0.05, 0.1) is 10.3 Å². The van der Waals surface area contributed by atoms with Crippen LogP contribution in [0.25, 0.3) is 0 Å². The first-order valence-electron chi connectivity index (χ1n) is 6.74. The second-order valence-corrected chi connectivity index (χ2v) is 7.09. The minimum absolute atomic E-state index is 0.0632. The average Bonchev–Trinajstić information content (AvgIpc) is 2.69. The molecule has 1 aliphatic rings. The summed E-state index contributed by atoms with van der Waals surface area (Å²) >= 11 is 4.90. The number of rotatable bonds is 3. The van der Waals surface area contributed by atoms with Crippen molar-refractivity contribution in [3.8, 4) is 0 Å². The number of amides is 1. The number of pyridine rings is 1. The van der Waals surface area contributed by atoms with E-state index in [2.05, 4.69) is 20.9 Å². The fourth-order valence-electron chi connectivity index (χ4n) is 2.21. The highest BCUT2D eigenvalue weighted by molar-refractivity contribution is 9.10. The molecule has 0 aromatic carbocycles. The molecule has 5 heteroatoms. The number of hydrogen-bond donors (Lipinski definition) is 0.